The third-order valence-corrected chi connectivity index (χ3v) is 5.91. The molecular weight excluding hydrogens is 486 g/mol. The van der Waals surface area contributed by atoms with Gasteiger partial charge in [0.2, 0.25) is 11.9 Å². The van der Waals surface area contributed by atoms with E-state index in [1.54, 1.807) is 24.8 Å². The summed E-state index contributed by atoms with van der Waals surface area (Å²) >= 11 is 9.80. The molecule has 0 bridgehead atoms. The summed E-state index contributed by atoms with van der Waals surface area (Å²) in [5.41, 5.74) is 8.28. The number of anilines is 1. The monoisotopic (exact) mass is 503 g/mol. The van der Waals surface area contributed by atoms with Crippen molar-refractivity contribution in [2.75, 3.05) is 12.4 Å². The number of methoxy groups -OCH3 is 1. The van der Waals surface area contributed by atoms with Gasteiger partial charge in [0.05, 0.1) is 17.2 Å². The molecule has 1 aromatic heterocycles. The number of primary amides is 1. The first kappa shape index (κ1) is 21.2. The van der Waals surface area contributed by atoms with Crippen LogP contribution in [-0.4, -0.2) is 27.8 Å². The highest BCUT2D eigenvalue weighted by Gasteiger charge is 2.33. The van der Waals surface area contributed by atoms with Crippen LogP contribution in [0.15, 0.2) is 58.5 Å². The van der Waals surface area contributed by atoms with Gasteiger partial charge in [0.25, 0.3) is 0 Å². The Hall–Kier alpha value is -3.04. The predicted octanol–water partition coefficient (Wildman–Crippen LogP) is 4.06. The third-order valence-electron chi connectivity index (χ3n) is 4.96. The van der Waals surface area contributed by atoms with Gasteiger partial charge >= 0.3 is 0 Å². The molecule has 31 heavy (non-hydrogen) atoms. The fourth-order valence-corrected chi connectivity index (χ4v) is 4.29. The number of hydrogen-bond acceptors (Lipinski definition) is 6. The van der Waals surface area contributed by atoms with Crippen molar-refractivity contribution in [2.45, 2.75) is 19.6 Å². The minimum Gasteiger partial charge on any atom is -0.493 e. The van der Waals surface area contributed by atoms with Crippen LogP contribution in [0.3, 0.4) is 0 Å². The summed E-state index contributed by atoms with van der Waals surface area (Å²) in [5, 5.41) is 7.95. The number of aromatic nitrogens is 3. The van der Waals surface area contributed by atoms with Crippen LogP contribution in [0.2, 0.25) is 5.02 Å². The summed E-state index contributed by atoms with van der Waals surface area (Å²) in [6.07, 6.45) is 1.42. The van der Waals surface area contributed by atoms with Crippen LogP contribution >= 0.6 is 27.5 Å². The molecule has 0 unspecified atom stereocenters. The number of benzene rings is 2. The highest BCUT2D eigenvalue weighted by atomic mass is 79.9. The Morgan fingerprint density at radius 3 is 2.84 bits per heavy atom. The number of amides is 1. The number of ether oxygens (including phenoxy) is 2. The number of fused-ring (bicyclic) bond motifs is 1. The van der Waals surface area contributed by atoms with E-state index in [2.05, 4.69) is 31.3 Å². The van der Waals surface area contributed by atoms with E-state index in [0.29, 0.717) is 38.2 Å². The number of allylic oxidation sites excluding steroid dienone is 1. The Morgan fingerprint density at radius 1 is 1.35 bits per heavy atom. The minimum atomic E-state index is -0.570. The number of halogens is 2. The predicted molar refractivity (Wildman–Crippen MR) is 120 cm³/mol. The SMILES string of the molecule is COc1cc([C@H]2C(C(N)=O)=C(C)Nc3ncnn32)cc(Br)c1OCc1ccccc1Cl. The van der Waals surface area contributed by atoms with Crippen LogP contribution in [0.5, 0.6) is 11.5 Å². The second-order valence-electron chi connectivity index (χ2n) is 6.87. The Bertz CT molecular complexity index is 1190. The van der Waals surface area contributed by atoms with Gasteiger partial charge in [-0.1, -0.05) is 29.8 Å². The van der Waals surface area contributed by atoms with Crippen molar-refractivity contribution in [1.29, 1.82) is 0 Å². The molecule has 1 aliphatic rings. The van der Waals surface area contributed by atoms with Gasteiger partial charge < -0.3 is 20.5 Å². The first-order valence-corrected chi connectivity index (χ1v) is 10.5. The third kappa shape index (κ3) is 3.98. The van der Waals surface area contributed by atoms with Crippen LogP contribution in [0, 0.1) is 0 Å². The molecule has 0 radical (unpaired) electrons. The lowest BCUT2D eigenvalue weighted by atomic mass is 9.95. The van der Waals surface area contributed by atoms with Crippen LogP contribution < -0.4 is 20.5 Å². The molecule has 0 saturated heterocycles. The maximum absolute atomic E-state index is 12.3. The van der Waals surface area contributed by atoms with Crippen LogP contribution in [0.1, 0.15) is 24.1 Å². The Kier molecular flexibility index (Phi) is 5.88. The molecule has 3 N–H and O–H groups in total. The number of carbonyl (C=O) groups excluding carboxylic acids is 1. The molecule has 0 fully saturated rings. The minimum absolute atomic E-state index is 0.264. The standard InChI is InChI=1S/C21H19BrClN5O3/c1-11-17(20(24)29)18(28-21(27-11)25-10-26-28)13-7-14(22)19(16(8-13)30-2)31-9-12-5-3-4-6-15(12)23/h3-8,10,18H,9H2,1-2H3,(H2,24,29)(H,25,26,27)/t18-/m0/s1. The molecule has 4 rings (SSSR count). The molecule has 0 saturated carbocycles. The lowest BCUT2D eigenvalue weighted by molar-refractivity contribution is -0.115. The van der Waals surface area contributed by atoms with Gasteiger partial charge in [-0.25, -0.2) is 4.68 Å². The fraction of sp³-hybridized carbons (Fsp3) is 0.190. The average Bonchev–Trinajstić information content (AvgIpc) is 3.20. The van der Waals surface area contributed by atoms with Crippen molar-refractivity contribution in [3.8, 4) is 11.5 Å². The van der Waals surface area contributed by atoms with Gasteiger partial charge in [0.1, 0.15) is 19.0 Å². The van der Waals surface area contributed by atoms with Crippen molar-refractivity contribution < 1.29 is 14.3 Å². The summed E-state index contributed by atoms with van der Waals surface area (Å²) in [7, 11) is 1.55. The summed E-state index contributed by atoms with van der Waals surface area (Å²) in [4.78, 5) is 16.5. The maximum Gasteiger partial charge on any atom is 0.248 e. The normalized spacial score (nSPS) is 15.3. The van der Waals surface area contributed by atoms with E-state index in [-0.39, 0.29) is 6.61 Å². The molecular formula is C21H19BrClN5O3. The van der Waals surface area contributed by atoms with E-state index in [4.69, 9.17) is 26.8 Å². The van der Waals surface area contributed by atoms with Crippen LogP contribution in [-0.2, 0) is 11.4 Å². The second-order valence-corrected chi connectivity index (χ2v) is 8.13. The largest absolute Gasteiger partial charge is 0.493 e. The molecule has 0 aliphatic carbocycles. The van der Waals surface area contributed by atoms with Gasteiger partial charge in [-0.3, -0.25) is 4.79 Å². The quantitative estimate of drug-likeness (QED) is 0.525. The van der Waals surface area contributed by atoms with Gasteiger partial charge in [-0.05, 0) is 46.6 Å². The lowest BCUT2D eigenvalue weighted by Crippen LogP contribution is -2.31. The number of hydrogen-bond donors (Lipinski definition) is 2. The highest BCUT2D eigenvalue weighted by molar-refractivity contribution is 9.10. The summed E-state index contributed by atoms with van der Waals surface area (Å²) < 4.78 is 13.9. The summed E-state index contributed by atoms with van der Waals surface area (Å²) in [6, 6.07) is 10.5. The number of carbonyl (C=O) groups is 1. The maximum atomic E-state index is 12.3. The summed E-state index contributed by atoms with van der Waals surface area (Å²) in [6.45, 7) is 2.04. The zero-order chi connectivity index (χ0) is 22.1. The van der Waals surface area contributed by atoms with E-state index in [1.165, 1.54) is 6.33 Å². The topological polar surface area (TPSA) is 104 Å². The van der Waals surface area contributed by atoms with Crippen LogP contribution in [0.4, 0.5) is 5.95 Å². The Morgan fingerprint density at radius 2 is 2.13 bits per heavy atom. The van der Waals surface area contributed by atoms with Gasteiger partial charge in [0, 0.05) is 16.3 Å². The second kappa shape index (κ2) is 8.60. The molecule has 0 spiro atoms. The number of nitrogens with one attached hydrogen (secondary N) is 1. The number of rotatable bonds is 6. The van der Waals surface area contributed by atoms with E-state index < -0.39 is 11.9 Å². The van der Waals surface area contributed by atoms with Crippen molar-refractivity contribution in [1.82, 2.24) is 14.8 Å². The Labute approximate surface area is 192 Å². The highest BCUT2D eigenvalue weighted by Crippen LogP contribution is 2.42. The summed E-state index contributed by atoms with van der Waals surface area (Å²) in [5.74, 6) is 0.963. The molecule has 1 atom stereocenters. The smallest absolute Gasteiger partial charge is 0.248 e. The molecule has 10 heteroatoms. The van der Waals surface area contributed by atoms with E-state index in [0.717, 1.165) is 11.1 Å². The molecule has 1 amide bonds. The lowest BCUT2D eigenvalue weighted by Gasteiger charge is -2.28. The fourth-order valence-electron chi connectivity index (χ4n) is 3.52. The van der Waals surface area contributed by atoms with Gasteiger partial charge in [-0.2, -0.15) is 10.1 Å². The number of nitrogens with zero attached hydrogens (tertiary/aromatic N) is 3. The first-order valence-electron chi connectivity index (χ1n) is 9.31. The van der Waals surface area contributed by atoms with E-state index in [9.17, 15) is 4.79 Å². The molecule has 3 aromatic rings. The van der Waals surface area contributed by atoms with Crippen molar-refractivity contribution in [3.63, 3.8) is 0 Å². The van der Waals surface area contributed by atoms with Gasteiger partial charge in [0.15, 0.2) is 11.5 Å². The van der Waals surface area contributed by atoms with Gasteiger partial charge in [-0.15, -0.1) is 0 Å². The zero-order valence-electron chi connectivity index (χ0n) is 16.7. The van der Waals surface area contributed by atoms with E-state index >= 15 is 0 Å². The number of nitrogens with two attached hydrogens (primary N) is 1. The molecule has 2 aromatic carbocycles. The van der Waals surface area contributed by atoms with Crippen molar-refractivity contribution in [3.05, 3.63) is 74.6 Å². The van der Waals surface area contributed by atoms with Crippen LogP contribution in [0.25, 0.3) is 0 Å². The molecule has 2 heterocycles. The van der Waals surface area contributed by atoms with E-state index in [1.807, 2.05) is 30.3 Å². The zero-order valence-corrected chi connectivity index (χ0v) is 19.1. The molecule has 8 nitrogen and oxygen atoms in total. The molecule has 160 valence electrons. The van der Waals surface area contributed by atoms with Crippen molar-refractivity contribution >= 4 is 39.4 Å². The van der Waals surface area contributed by atoms with Crippen molar-refractivity contribution in [2.24, 2.45) is 5.73 Å². The molecule has 1 aliphatic heterocycles. The first-order chi connectivity index (χ1) is 14.9. The average molecular weight is 505 g/mol. The Balaban J connectivity index is 1.74.